The molecule has 0 fully saturated rings. The lowest BCUT2D eigenvalue weighted by atomic mass is 10.1. The number of para-hydroxylation sites is 1. The van der Waals surface area contributed by atoms with Crippen LogP contribution in [-0.2, 0) is 13.6 Å². The molecular formula is C21H32FN5O. The number of benzene rings is 1. The average Bonchev–Trinajstić information content (AvgIpc) is 3.03. The van der Waals surface area contributed by atoms with Crippen molar-refractivity contribution < 1.29 is 9.13 Å². The van der Waals surface area contributed by atoms with Crippen LogP contribution in [0.25, 0.3) is 0 Å². The summed E-state index contributed by atoms with van der Waals surface area (Å²) in [5, 5.41) is 7.90. The van der Waals surface area contributed by atoms with Crippen molar-refractivity contribution in [3.05, 3.63) is 47.5 Å². The van der Waals surface area contributed by atoms with E-state index in [2.05, 4.69) is 40.4 Å². The van der Waals surface area contributed by atoms with Gasteiger partial charge in [0.25, 0.3) is 0 Å². The molecule has 0 bridgehead atoms. The molecule has 1 unspecified atom stereocenters. The highest BCUT2D eigenvalue weighted by Gasteiger charge is 2.17. The summed E-state index contributed by atoms with van der Waals surface area (Å²) in [5.74, 6) is 1.05. The van der Waals surface area contributed by atoms with Gasteiger partial charge in [0.15, 0.2) is 17.5 Å². The lowest BCUT2D eigenvalue weighted by Gasteiger charge is -2.25. The number of ether oxygens (including phenoxy) is 1. The lowest BCUT2D eigenvalue weighted by molar-refractivity contribution is 0.190. The molecule has 2 rings (SSSR count). The Kier molecular flexibility index (Phi) is 7.84. The monoisotopic (exact) mass is 389 g/mol. The number of hydrogen-bond acceptors (Lipinski definition) is 3. The Morgan fingerprint density at radius 1 is 1.36 bits per heavy atom. The summed E-state index contributed by atoms with van der Waals surface area (Å²) in [6, 6.07) is 6.48. The summed E-state index contributed by atoms with van der Waals surface area (Å²) >= 11 is 0. The number of halogens is 1. The molecule has 28 heavy (non-hydrogen) atoms. The van der Waals surface area contributed by atoms with Gasteiger partial charge in [-0.05, 0) is 24.5 Å². The molecular weight excluding hydrogens is 357 g/mol. The molecule has 0 spiro atoms. The second kappa shape index (κ2) is 10.1. The fourth-order valence-corrected chi connectivity index (χ4v) is 3.07. The van der Waals surface area contributed by atoms with Crippen LogP contribution in [-0.4, -0.2) is 47.4 Å². The molecule has 2 aromatic rings. The first-order chi connectivity index (χ1) is 13.3. The van der Waals surface area contributed by atoms with Crippen LogP contribution in [0.2, 0.25) is 0 Å². The zero-order valence-corrected chi connectivity index (χ0v) is 17.7. The van der Waals surface area contributed by atoms with E-state index in [1.807, 2.05) is 25.7 Å². The summed E-state index contributed by atoms with van der Waals surface area (Å²) in [6.07, 6.45) is 2.64. The number of guanidine groups is 1. The van der Waals surface area contributed by atoms with Crippen molar-refractivity contribution in [2.75, 3.05) is 20.6 Å². The van der Waals surface area contributed by atoms with Gasteiger partial charge >= 0.3 is 0 Å². The van der Waals surface area contributed by atoms with Gasteiger partial charge in [0.05, 0.1) is 12.2 Å². The second-order valence-electron chi connectivity index (χ2n) is 7.23. The van der Waals surface area contributed by atoms with E-state index in [0.717, 1.165) is 18.1 Å². The van der Waals surface area contributed by atoms with Crippen LogP contribution in [0.5, 0.6) is 5.75 Å². The molecule has 0 aliphatic rings. The molecule has 0 aliphatic carbocycles. The van der Waals surface area contributed by atoms with Gasteiger partial charge in [-0.25, -0.2) is 4.39 Å². The predicted molar refractivity (Wildman–Crippen MR) is 111 cm³/mol. The van der Waals surface area contributed by atoms with Crippen molar-refractivity contribution in [2.45, 2.75) is 45.8 Å². The van der Waals surface area contributed by atoms with Gasteiger partial charge in [-0.2, -0.15) is 5.10 Å². The van der Waals surface area contributed by atoms with E-state index in [0.29, 0.717) is 19.0 Å². The van der Waals surface area contributed by atoms with Gasteiger partial charge in [0.1, 0.15) is 6.10 Å². The van der Waals surface area contributed by atoms with Crippen molar-refractivity contribution in [1.29, 1.82) is 0 Å². The molecule has 0 radical (unpaired) electrons. The highest BCUT2D eigenvalue weighted by molar-refractivity contribution is 5.79. The Bertz CT molecular complexity index is 787. The second-order valence-corrected chi connectivity index (χ2v) is 7.23. The van der Waals surface area contributed by atoms with Gasteiger partial charge in [0.2, 0.25) is 0 Å². The smallest absolute Gasteiger partial charge is 0.193 e. The maximum Gasteiger partial charge on any atom is 0.193 e. The third kappa shape index (κ3) is 5.71. The highest BCUT2D eigenvalue weighted by atomic mass is 19.1. The standard InChI is InChI=1S/C21H32FN5O/c1-7-17(28-19-11-9-8-10-18(19)22)12-24-21(23-4)26(5)13-16-14-27(6)25-20(16)15(2)3/h8-11,14-15,17H,7,12-13H2,1-6H3,(H,23,24). The molecule has 1 aromatic carbocycles. The molecule has 6 nitrogen and oxygen atoms in total. The van der Waals surface area contributed by atoms with Crippen LogP contribution in [0.1, 0.15) is 44.4 Å². The van der Waals surface area contributed by atoms with E-state index >= 15 is 0 Å². The summed E-state index contributed by atoms with van der Waals surface area (Å²) in [7, 11) is 5.68. The minimum absolute atomic E-state index is 0.160. The SMILES string of the molecule is CCC(CNC(=NC)N(C)Cc1cn(C)nc1C(C)C)Oc1ccccc1F. The van der Waals surface area contributed by atoms with E-state index in [-0.39, 0.29) is 17.7 Å². The Labute approximate surface area is 167 Å². The minimum Gasteiger partial charge on any atom is -0.486 e. The largest absolute Gasteiger partial charge is 0.486 e. The first kappa shape index (κ1) is 21.7. The average molecular weight is 390 g/mol. The number of nitrogens with zero attached hydrogens (tertiary/aromatic N) is 4. The molecule has 0 saturated heterocycles. The van der Waals surface area contributed by atoms with E-state index in [1.54, 1.807) is 25.2 Å². The molecule has 0 amide bonds. The number of aromatic nitrogens is 2. The summed E-state index contributed by atoms with van der Waals surface area (Å²) in [6.45, 7) is 7.54. The van der Waals surface area contributed by atoms with E-state index < -0.39 is 0 Å². The van der Waals surface area contributed by atoms with E-state index in [4.69, 9.17) is 4.74 Å². The number of nitrogens with one attached hydrogen (secondary N) is 1. The highest BCUT2D eigenvalue weighted by Crippen LogP contribution is 2.19. The Morgan fingerprint density at radius 3 is 2.68 bits per heavy atom. The molecule has 1 heterocycles. The normalized spacial score (nSPS) is 12.9. The van der Waals surface area contributed by atoms with E-state index in [9.17, 15) is 4.39 Å². The zero-order chi connectivity index (χ0) is 20.7. The van der Waals surface area contributed by atoms with Crippen LogP contribution in [0, 0.1) is 5.82 Å². The van der Waals surface area contributed by atoms with E-state index in [1.165, 1.54) is 11.6 Å². The maximum absolute atomic E-state index is 13.8. The number of hydrogen-bond donors (Lipinski definition) is 1. The van der Waals surface area contributed by atoms with Gasteiger partial charge in [-0.15, -0.1) is 0 Å². The fraction of sp³-hybridized carbons (Fsp3) is 0.524. The van der Waals surface area contributed by atoms with Crippen molar-refractivity contribution in [1.82, 2.24) is 20.0 Å². The molecule has 1 N–H and O–H groups in total. The molecule has 154 valence electrons. The van der Waals surface area contributed by atoms with Crippen LogP contribution in [0.4, 0.5) is 4.39 Å². The quantitative estimate of drug-likeness (QED) is 0.554. The molecule has 1 aromatic heterocycles. The summed E-state index contributed by atoms with van der Waals surface area (Å²) in [5.41, 5.74) is 2.27. The molecule has 1 atom stereocenters. The Balaban J connectivity index is 1.98. The van der Waals surface area contributed by atoms with Crippen molar-refractivity contribution >= 4 is 5.96 Å². The summed E-state index contributed by atoms with van der Waals surface area (Å²) < 4.78 is 21.5. The van der Waals surface area contributed by atoms with Crippen LogP contribution in [0.15, 0.2) is 35.5 Å². The van der Waals surface area contributed by atoms with Gasteiger partial charge in [-0.1, -0.05) is 32.9 Å². The first-order valence-electron chi connectivity index (χ1n) is 9.71. The van der Waals surface area contributed by atoms with Gasteiger partial charge in [-0.3, -0.25) is 9.67 Å². The third-order valence-electron chi connectivity index (χ3n) is 4.54. The third-order valence-corrected chi connectivity index (χ3v) is 4.54. The first-order valence-corrected chi connectivity index (χ1v) is 9.71. The molecule has 0 aliphatic heterocycles. The Hall–Kier alpha value is -2.57. The predicted octanol–water partition coefficient (Wildman–Crippen LogP) is 3.55. The van der Waals surface area contributed by atoms with Crippen LogP contribution < -0.4 is 10.1 Å². The Morgan fingerprint density at radius 2 is 2.07 bits per heavy atom. The van der Waals surface area contributed by atoms with Crippen molar-refractivity contribution in [2.24, 2.45) is 12.0 Å². The van der Waals surface area contributed by atoms with Gasteiger partial charge in [0, 0.05) is 39.4 Å². The number of aliphatic imine (C=N–C) groups is 1. The molecule has 0 saturated carbocycles. The minimum atomic E-state index is -0.347. The van der Waals surface area contributed by atoms with Crippen molar-refractivity contribution in [3.8, 4) is 5.75 Å². The fourth-order valence-electron chi connectivity index (χ4n) is 3.07. The summed E-state index contributed by atoms with van der Waals surface area (Å²) in [4.78, 5) is 6.43. The van der Waals surface area contributed by atoms with Crippen molar-refractivity contribution in [3.63, 3.8) is 0 Å². The number of aryl methyl sites for hydroxylation is 1. The molecule has 7 heteroatoms. The van der Waals surface area contributed by atoms with Crippen LogP contribution >= 0.6 is 0 Å². The maximum atomic E-state index is 13.8. The number of rotatable bonds is 8. The van der Waals surface area contributed by atoms with Gasteiger partial charge < -0.3 is 15.0 Å². The topological polar surface area (TPSA) is 54.7 Å². The lowest BCUT2D eigenvalue weighted by Crippen LogP contribution is -2.43. The van der Waals surface area contributed by atoms with Crippen LogP contribution in [0.3, 0.4) is 0 Å². The zero-order valence-electron chi connectivity index (χ0n) is 17.7.